The van der Waals surface area contributed by atoms with E-state index < -0.39 is 0 Å². The van der Waals surface area contributed by atoms with Crippen molar-refractivity contribution in [3.8, 4) is 16.8 Å². The second-order valence-corrected chi connectivity index (χ2v) is 9.10. The molecule has 0 amide bonds. The van der Waals surface area contributed by atoms with Crippen molar-refractivity contribution in [1.29, 1.82) is 0 Å². The Morgan fingerprint density at radius 3 is 2.09 bits per heavy atom. The van der Waals surface area contributed by atoms with Crippen LogP contribution in [0.2, 0.25) is 0 Å². The van der Waals surface area contributed by atoms with E-state index in [1.807, 2.05) is 0 Å². The fraction of sp³-hybridized carbons (Fsp3) is 0. The lowest BCUT2D eigenvalue weighted by Gasteiger charge is -2.09. The Morgan fingerprint density at radius 1 is 0.562 bits per heavy atom. The molecule has 0 aliphatic rings. The minimum atomic E-state index is 1.06. The minimum absolute atomic E-state index is 1.06. The average Bonchev–Trinajstić information content (AvgIpc) is 3.38. The predicted octanol–water partition coefficient (Wildman–Crippen LogP) is 8.21. The molecule has 150 valence electrons. The highest BCUT2D eigenvalue weighted by molar-refractivity contribution is 7.25. The molecule has 0 atom stereocenters. The largest absolute Gasteiger partial charge is 0.308 e. The van der Waals surface area contributed by atoms with Crippen LogP contribution in [0.25, 0.3) is 59.1 Å². The summed E-state index contributed by atoms with van der Waals surface area (Å²) in [5, 5.41) is 3.69. The van der Waals surface area contributed by atoms with Crippen LogP contribution >= 0.6 is 11.3 Å². The maximum atomic E-state index is 5.15. The minimum Gasteiger partial charge on any atom is -0.308 e. The Labute approximate surface area is 189 Å². The molecule has 0 saturated heterocycles. The lowest BCUT2D eigenvalue weighted by atomic mass is 10.1. The van der Waals surface area contributed by atoms with Crippen LogP contribution in [0.1, 0.15) is 0 Å². The molecular weight excluding hydrogens is 408 g/mol. The second-order valence-electron chi connectivity index (χ2n) is 8.07. The average molecular weight is 427 g/mol. The molecule has 0 radical (unpaired) electrons. The van der Waals surface area contributed by atoms with Gasteiger partial charge >= 0.3 is 0 Å². The van der Waals surface area contributed by atoms with Crippen LogP contribution in [0, 0.1) is 0 Å². The van der Waals surface area contributed by atoms with E-state index in [0.29, 0.717) is 0 Å². The van der Waals surface area contributed by atoms with Crippen molar-refractivity contribution < 1.29 is 0 Å². The SMILES string of the molecule is c1ccc(-c2ccc(-n3c4ccccc4c4nc5sc6ccccc6c5cc43)cc2)cc1. The van der Waals surface area contributed by atoms with E-state index in [1.165, 1.54) is 37.5 Å². The molecule has 32 heavy (non-hydrogen) atoms. The van der Waals surface area contributed by atoms with Gasteiger partial charge in [-0.05, 0) is 41.5 Å². The van der Waals surface area contributed by atoms with Crippen LogP contribution in [0.5, 0.6) is 0 Å². The van der Waals surface area contributed by atoms with Gasteiger partial charge in [-0.3, -0.25) is 0 Å². The Hall–Kier alpha value is -3.95. The number of rotatable bonds is 2. The zero-order valence-electron chi connectivity index (χ0n) is 17.2. The monoisotopic (exact) mass is 426 g/mol. The molecule has 0 bridgehead atoms. The third-order valence-electron chi connectivity index (χ3n) is 6.22. The van der Waals surface area contributed by atoms with Crippen LogP contribution in [-0.4, -0.2) is 9.55 Å². The normalized spacial score (nSPS) is 11.8. The Kier molecular flexibility index (Phi) is 3.75. The van der Waals surface area contributed by atoms with Gasteiger partial charge in [0.25, 0.3) is 0 Å². The van der Waals surface area contributed by atoms with Crippen molar-refractivity contribution in [3.63, 3.8) is 0 Å². The maximum Gasteiger partial charge on any atom is 0.125 e. The predicted molar refractivity (Wildman–Crippen MR) is 137 cm³/mol. The molecular formula is C29H18N2S. The first-order chi connectivity index (χ1) is 15.9. The van der Waals surface area contributed by atoms with Gasteiger partial charge in [0.15, 0.2) is 0 Å². The number of thiophene rings is 1. The first-order valence-electron chi connectivity index (χ1n) is 10.7. The number of fused-ring (bicyclic) bond motifs is 6. The van der Waals surface area contributed by atoms with Crippen LogP contribution in [-0.2, 0) is 0 Å². The molecule has 0 saturated carbocycles. The summed E-state index contributed by atoms with van der Waals surface area (Å²) < 4.78 is 3.63. The fourth-order valence-corrected chi connectivity index (χ4v) is 5.78. The van der Waals surface area contributed by atoms with Gasteiger partial charge in [0.2, 0.25) is 0 Å². The molecule has 0 aliphatic heterocycles. The summed E-state index contributed by atoms with van der Waals surface area (Å²) >= 11 is 1.77. The number of pyridine rings is 1. The molecule has 3 heteroatoms. The smallest absolute Gasteiger partial charge is 0.125 e. The van der Waals surface area contributed by atoms with Crippen molar-refractivity contribution in [1.82, 2.24) is 9.55 Å². The third kappa shape index (κ3) is 2.55. The van der Waals surface area contributed by atoms with Crippen LogP contribution < -0.4 is 0 Å². The summed E-state index contributed by atoms with van der Waals surface area (Å²) in [4.78, 5) is 6.25. The van der Waals surface area contributed by atoms with Gasteiger partial charge in [0, 0.05) is 26.5 Å². The molecule has 7 aromatic rings. The molecule has 0 aliphatic carbocycles. The van der Waals surface area contributed by atoms with Gasteiger partial charge in [-0.1, -0.05) is 78.9 Å². The zero-order valence-corrected chi connectivity index (χ0v) is 18.0. The second kappa shape index (κ2) is 6.78. The number of nitrogens with zero attached hydrogens (tertiary/aromatic N) is 2. The first-order valence-corrected chi connectivity index (χ1v) is 11.6. The molecule has 3 aromatic heterocycles. The van der Waals surface area contributed by atoms with E-state index in [-0.39, 0.29) is 0 Å². The standard InChI is InChI=1S/C29H18N2S/c1-2-8-19(9-3-1)20-14-16-21(17-15-20)31-25-12-6-4-11-23(25)28-26(31)18-24-22-10-5-7-13-27(22)32-29(24)30-28/h1-18H. The summed E-state index contributed by atoms with van der Waals surface area (Å²) in [5.41, 5.74) is 7.00. The highest BCUT2D eigenvalue weighted by Crippen LogP contribution is 2.38. The van der Waals surface area contributed by atoms with Crippen molar-refractivity contribution in [2.75, 3.05) is 0 Å². The molecule has 0 fully saturated rings. The summed E-state index contributed by atoms with van der Waals surface area (Å²) in [6, 6.07) is 38.8. The van der Waals surface area contributed by atoms with E-state index in [4.69, 9.17) is 4.98 Å². The number of hydrogen-bond donors (Lipinski definition) is 0. The molecule has 0 N–H and O–H groups in total. The topological polar surface area (TPSA) is 17.8 Å². The highest BCUT2D eigenvalue weighted by Gasteiger charge is 2.16. The Balaban J connectivity index is 1.52. The van der Waals surface area contributed by atoms with Gasteiger partial charge in [-0.2, -0.15) is 0 Å². The quantitative estimate of drug-likeness (QED) is 0.272. The molecule has 4 aromatic carbocycles. The van der Waals surface area contributed by atoms with Crippen LogP contribution in [0.15, 0.2) is 109 Å². The zero-order chi connectivity index (χ0) is 21.1. The third-order valence-corrected chi connectivity index (χ3v) is 7.31. The molecule has 7 rings (SSSR count). The lowest BCUT2D eigenvalue weighted by molar-refractivity contribution is 1.18. The summed E-state index contributed by atoms with van der Waals surface area (Å²) in [7, 11) is 0. The van der Waals surface area contributed by atoms with Gasteiger partial charge in [0.05, 0.1) is 16.6 Å². The van der Waals surface area contributed by atoms with E-state index in [1.54, 1.807) is 11.3 Å². The lowest BCUT2D eigenvalue weighted by Crippen LogP contribution is -1.94. The highest BCUT2D eigenvalue weighted by atomic mass is 32.1. The molecule has 0 spiro atoms. The summed E-state index contributed by atoms with van der Waals surface area (Å²) in [6.45, 7) is 0. The van der Waals surface area contributed by atoms with Crippen molar-refractivity contribution in [2.45, 2.75) is 0 Å². The van der Waals surface area contributed by atoms with E-state index >= 15 is 0 Å². The van der Waals surface area contributed by atoms with E-state index in [0.717, 1.165) is 21.6 Å². The Bertz CT molecular complexity index is 1760. The maximum absolute atomic E-state index is 5.15. The van der Waals surface area contributed by atoms with Gasteiger partial charge < -0.3 is 4.57 Å². The summed E-state index contributed by atoms with van der Waals surface area (Å²) in [5.74, 6) is 0. The molecule has 2 nitrogen and oxygen atoms in total. The first kappa shape index (κ1) is 17.7. The van der Waals surface area contributed by atoms with Gasteiger partial charge in [0.1, 0.15) is 4.83 Å². The van der Waals surface area contributed by atoms with Crippen LogP contribution in [0.4, 0.5) is 0 Å². The molecule has 0 unspecified atom stereocenters. The number of benzene rings is 4. The van der Waals surface area contributed by atoms with Gasteiger partial charge in [-0.25, -0.2) is 4.98 Å². The van der Waals surface area contributed by atoms with Crippen molar-refractivity contribution in [2.24, 2.45) is 0 Å². The number of aromatic nitrogens is 2. The number of hydrogen-bond acceptors (Lipinski definition) is 2. The fourth-order valence-electron chi connectivity index (χ4n) is 4.72. The van der Waals surface area contributed by atoms with E-state index in [9.17, 15) is 0 Å². The van der Waals surface area contributed by atoms with E-state index in [2.05, 4.69) is 114 Å². The molecule has 3 heterocycles. The van der Waals surface area contributed by atoms with Crippen molar-refractivity contribution in [3.05, 3.63) is 109 Å². The Morgan fingerprint density at radius 2 is 1.25 bits per heavy atom. The van der Waals surface area contributed by atoms with Gasteiger partial charge in [-0.15, -0.1) is 11.3 Å². The number of para-hydroxylation sites is 1. The summed E-state index contributed by atoms with van der Waals surface area (Å²) in [6.07, 6.45) is 0. The van der Waals surface area contributed by atoms with Crippen molar-refractivity contribution >= 4 is 53.6 Å². The van der Waals surface area contributed by atoms with Crippen LogP contribution in [0.3, 0.4) is 0 Å².